The van der Waals surface area contributed by atoms with E-state index in [0.717, 1.165) is 26.0 Å². The lowest BCUT2D eigenvalue weighted by Crippen LogP contribution is -2.15. The highest BCUT2D eigenvalue weighted by Gasteiger charge is 2.18. The summed E-state index contributed by atoms with van der Waals surface area (Å²) in [7, 11) is 3.22. The third-order valence-corrected chi connectivity index (χ3v) is 3.98. The summed E-state index contributed by atoms with van der Waals surface area (Å²) >= 11 is 6.86. The third-order valence-electron chi connectivity index (χ3n) is 2.91. The van der Waals surface area contributed by atoms with Gasteiger partial charge in [-0.15, -0.1) is 0 Å². The molecule has 20 heavy (non-hydrogen) atoms. The lowest BCUT2D eigenvalue weighted by atomic mass is 10.0. The highest BCUT2D eigenvalue weighted by atomic mass is 79.9. The van der Waals surface area contributed by atoms with Crippen LogP contribution in [0, 0.1) is 0 Å². The summed E-state index contributed by atoms with van der Waals surface area (Å²) in [5, 5.41) is 0. The van der Waals surface area contributed by atoms with Gasteiger partial charge in [-0.05, 0) is 50.1 Å². The molecule has 6 heteroatoms. The Labute approximate surface area is 134 Å². The molecule has 1 heterocycles. The molecule has 0 amide bonds. The summed E-state index contributed by atoms with van der Waals surface area (Å²) in [5.74, 6) is 1.40. The monoisotopic (exact) mass is 400 g/mol. The average molecular weight is 402 g/mol. The molecule has 2 rings (SSSR count). The Kier molecular flexibility index (Phi) is 5.01. The molecule has 0 saturated heterocycles. The highest BCUT2D eigenvalue weighted by Crippen LogP contribution is 2.34. The van der Waals surface area contributed by atoms with Crippen molar-refractivity contribution >= 4 is 31.9 Å². The Balaban J connectivity index is 2.44. The van der Waals surface area contributed by atoms with Crippen molar-refractivity contribution in [2.45, 2.75) is 6.04 Å². The van der Waals surface area contributed by atoms with Crippen molar-refractivity contribution in [3.05, 3.63) is 50.7 Å². The predicted octanol–water partition coefficient (Wildman–Crippen LogP) is 3.67. The molecule has 4 nitrogen and oxygen atoms in total. The van der Waals surface area contributed by atoms with Gasteiger partial charge in [-0.25, -0.2) is 0 Å². The molecule has 0 aliphatic rings. The fourth-order valence-electron chi connectivity index (χ4n) is 1.88. The summed E-state index contributed by atoms with van der Waals surface area (Å²) in [5.41, 5.74) is 7.90. The number of ether oxygens (including phenoxy) is 2. The second-order valence-corrected chi connectivity index (χ2v) is 5.88. The van der Waals surface area contributed by atoms with E-state index in [0.29, 0.717) is 5.75 Å². The molecular weight excluding hydrogens is 388 g/mol. The first-order valence-corrected chi connectivity index (χ1v) is 7.44. The number of nitrogens with two attached hydrogens (primary N) is 1. The van der Waals surface area contributed by atoms with Gasteiger partial charge in [-0.2, -0.15) is 0 Å². The molecular formula is C14H14Br2N2O2. The summed E-state index contributed by atoms with van der Waals surface area (Å²) < 4.78 is 12.3. The first-order chi connectivity index (χ1) is 9.56. The molecule has 0 radical (unpaired) electrons. The van der Waals surface area contributed by atoms with E-state index in [-0.39, 0.29) is 0 Å². The maximum atomic E-state index is 6.31. The number of nitrogens with zero attached hydrogens (tertiary/aromatic N) is 1. The zero-order chi connectivity index (χ0) is 14.7. The zero-order valence-corrected chi connectivity index (χ0v) is 14.2. The van der Waals surface area contributed by atoms with Crippen LogP contribution in [0.4, 0.5) is 0 Å². The number of pyridine rings is 1. The maximum absolute atomic E-state index is 6.31. The van der Waals surface area contributed by atoms with E-state index >= 15 is 0 Å². The standard InChI is InChI=1S/C14H14Br2N2O2/c1-19-9-3-4-10(12(6-9)20-2)13(17)14-11(16)5-8(15)7-18-14/h3-7,13H,17H2,1-2H3. The lowest BCUT2D eigenvalue weighted by molar-refractivity contribution is 0.389. The minimum absolute atomic E-state index is 0.390. The van der Waals surface area contributed by atoms with E-state index in [9.17, 15) is 0 Å². The molecule has 0 aliphatic carbocycles. The second-order valence-electron chi connectivity index (χ2n) is 4.11. The zero-order valence-electron chi connectivity index (χ0n) is 11.1. The first-order valence-electron chi connectivity index (χ1n) is 5.85. The van der Waals surface area contributed by atoms with Crippen molar-refractivity contribution in [3.8, 4) is 11.5 Å². The number of hydrogen-bond donors (Lipinski definition) is 1. The van der Waals surface area contributed by atoms with Crippen LogP contribution < -0.4 is 15.2 Å². The Bertz CT molecular complexity index is 620. The topological polar surface area (TPSA) is 57.4 Å². The molecule has 2 N–H and O–H groups in total. The van der Waals surface area contributed by atoms with Crippen LogP contribution in [-0.4, -0.2) is 19.2 Å². The van der Waals surface area contributed by atoms with Gasteiger partial charge < -0.3 is 15.2 Å². The second kappa shape index (κ2) is 6.56. The summed E-state index contributed by atoms with van der Waals surface area (Å²) in [6.07, 6.45) is 1.72. The summed E-state index contributed by atoms with van der Waals surface area (Å²) in [6, 6.07) is 7.07. The normalized spacial score (nSPS) is 12.1. The van der Waals surface area contributed by atoms with Crippen molar-refractivity contribution in [2.75, 3.05) is 14.2 Å². The molecule has 1 atom stereocenters. The SMILES string of the molecule is COc1ccc(C(N)c2ncc(Br)cc2Br)c(OC)c1. The van der Waals surface area contributed by atoms with Gasteiger partial charge >= 0.3 is 0 Å². The first kappa shape index (κ1) is 15.3. The van der Waals surface area contributed by atoms with Crippen LogP contribution in [0.25, 0.3) is 0 Å². The highest BCUT2D eigenvalue weighted by molar-refractivity contribution is 9.11. The van der Waals surface area contributed by atoms with E-state index in [2.05, 4.69) is 36.8 Å². The molecule has 0 spiro atoms. The number of rotatable bonds is 4. The molecule has 2 aromatic rings. The van der Waals surface area contributed by atoms with Gasteiger partial charge in [0, 0.05) is 26.8 Å². The quantitative estimate of drug-likeness (QED) is 0.848. The minimum Gasteiger partial charge on any atom is -0.497 e. The number of aromatic nitrogens is 1. The van der Waals surface area contributed by atoms with E-state index in [1.165, 1.54) is 0 Å². The van der Waals surface area contributed by atoms with Gasteiger partial charge in [0.2, 0.25) is 0 Å². The van der Waals surface area contributed by atoms with Gasteiger partial charge in [0.25, 0.3) is 0 Å². The predicted molar refractivity (Wildman–Crippen MR) is 85.2 cm³/mol. The largest absolute Gasteiger partial charge is 0.497 e. The van der Waals surface area contributed by atoms with Crippen LogP contribution in [0.15, 0.2) is 39.4 Å². The number of methoxy groups -OCH3 is 2. The molecule has 0 saturated carbocycles. The minimum atomic E-state index is -0.390. The smallest absolute Gasteiger partial charge is 0.127 e. The Morgan fingerprint density at radius 2 is 1.90 bits per heavy atom. The lowest BCUT2D eigenvalue weighted by Gasteiger charge is -2.17. The van der Waals surface area contributed by atoms with Crippen molar-refractivity contribution < 1.29 is 9.47 Å². The van der Waals surface area contributed by atoms with Gasteiger partial charge in [0.05, 0.1) is 26.0 Å². The summed E-state index contributed by atoms with van der Waals surface area (Å²) in [4.78, 5) is 4.37. The van der Waals surface area contributed by atoms with Gasteiger partial charge in [-0.3, -0.25) is 4.98 Å². The number of halogens is 2. The molecule has 106 valence electrons. The Morgan fingerprint density at radius 3 is 2.50 bits per heavy atom. The average Bonchev–Trinajstić information content (AvgIpc) is 2.46. The van der Waals surface area contributed by atoms with Gasteiger partial charge in [0.1, 0.15) is 11.5 Å². The molecule has 0 aliphatic heterocycles. The fourth-order valence-corrected chi connectivity index (χ4v) is 3.11. The third kappa shape index (κ3) is 3.13. The van der Waals surface area contributed by atoms with Crippen molar-refractivity contribution in [3.63, 3.8) is 0 Å². The Morgan fingerprint density at radius 1 is 1.15 bits per heavy atom. The van der Waals surface area contributed by atoms with E-state index in [1.807, 2.05) is 24.3 Å². The van der Waals surface area contributed by atoms with E-state index < -0.39 is 6.04 Å². The molecule has 1 aromatic carbocycles. The molecule has 0 fully saturated rings. The van der Waals surface area contributed by atoms with Crippen LogP contribution in [0.5, 0.6) is 11.5 Å². The fraction of sp³-hybridized carbons (Fsp3) is 0.214. The van der Waals surface area contributed by atoms with E-state index in [4.69, 9.17) is 15.2 Å². The number of hydrogen-bond acceptors (Lipinski definition) is 4. The Hall–Kier alpha value is -1.11. The van der Waals surface area contributed by atoms with Crippen LogP contribution in [0.2, 0.25) is 0 Å². The van der Waals surface area contributed by atoms with Gasteiger partial charge in [-0.1, -0.05) is 0 Å². The van der Waals surface area contributed by atoms with Crippen LogP contribution in [-0.2, 0) is 0 Å². The molecule has 1 unspecified atom stereocenters. The van der Waals surface area contributed by atoms with Crippen LogP contribution in [0.1, 0.15) is 17.3 Å². The van der Waals surface area contributed by atoms with E-state index in [1.54, 1.807) is 20.4 Å². The van der Waals surface area contributed by atoms with Crippen molar-refractivity contribution in [1.29, 1.82) is 0 Å². The van der Waals surface area contributed by atoms with Crippen LogP contribution >= 0.6 is 31.9 Å². The number of benzene rings is 1. The van der Waals surface area contributed by atoms with Crippen molar-refractivity contribution in [1.82, 2.24) is 4.98 Å². The van der Waals surface area contributed by atoms with Gasteiger partial charge in [0.15, 0.2) is 0 Å². The summed E-state index contributed by atoms with van der Waals surface area (Å²) in [6.45, 7) is 0. The van der Waals surface area contributed by atoms with Crippen molar-refractivity contribution in [2.24, 2.45) is 5.73 Å². The molecule has 1 aromatic heterocycles. The van der Waals surface area contributed by atoms with Crippen LogP contribution in [0.3, 0.4) is 0 Å². The maximum Gasteiger partial charge on any atom is 0.127 e. The molecule has 0 bridgehead atoms.